The van der Waals surface area contributed by atoms with E-state index in [1.807, 2.05) is 42.5 Å². The van der Waals surface area contributed by atoms with Crippen LogP contribution in [0.1, 0.15) is 11.1 Å². The second-order valence-corrected chi connectivity index (χ2v) is 7.11. The fourth-order valence-electron chi connectivity index (χ4n) is 3.90. The first kappa shape index (κ1) is 16.9. The van der Waals surface area contributed by atoms with E-state index in [1.165, 1.54) is 0 Å². The highest BCUT2D eigenvalue weighted by molar-refractivity contribution is 5.75. The molecule has 0 atom stereocenters. The summed E-state index contributed by atoms with van der Waals surface area (Å²) in [5, 5.41) is 0. The Morgan fingerprint density at radius 1 is 1.04 bits per heavy atom. The van der Waals surface area contributed by atoms with Crippen molar-refractivity contribution in [1.82, 2.24) is 4.98 Å². The van der Waals surface area contributed by atoms with Crippen LogP contribution in [-0.2, 0) is 11.2 Å². The fraction of sp³-hybridized carbons (Fsp3) is 0.227. The highest BCUT2D eigenvalue weighted by Crippen LogP contribution is 2.43. The summed E-state index contributed by atoms with van der Waals surface area (Å²) in [7, 11) is 0. The maximum atomic E-state index is 12.4. The van der Waals surface area contributed by atoms with Gasteiger partial charge in [-0.25, -0.2) is 0 Å². The second kappa shape index (κ2) is 6.73. The first-order valence-corrected chi connectivity index (χ1v) is 9.43. The third-order valence-electron chi connectivity index (χ3n) is 5.34. The van der Waals surface area contributed by atoms with Gasteiger partial charge in [-0.15, -0.1) is 0 Å². The summed E-state index contributed by atoms with van der Waals surface area (Å²) < 4.78 is 11.7. The monoisotopic (exact) mass is 375 g/mol. The van der Waals surface area contributed by atoms with Gasteiger partial charge in [0.05, 0.1) is 18.9 Å². The number of rotatable bonds is 2. The number of fused-ring (bicyclic) bond motifs is 2. The molecular weight excluding hydrogens is 354 g/mol. The van der Waals surface area contributed by atoms with Crippen LogP contribution in [0.5, 0.6) is 11.5 Å². The van der Waals surface area contributed by atoms with E-state index >= 15 is 0 Å². The van der Waals surface area contributed by atoms with Crippen molar-refractivity contribution in [3.8, 4) is 22.8 Å². The highest BCUT2D eigenvalue weighted by Gasteiger charge is 2.23. The maximum Gasteiger partial charge on any atom is 0.250 e. The van der Waals surface area contributed by atoms with E-state index < -0.39 is 0 Å². The van der Waals surface area contributed by atoms with Crippen LogP contribution in [0.3, 0.4) is 0 Å². The van der Waals surface area contributed by atoms with Gasteiger partial charge in [0.2, 0.25) is 5.56 Å². The third-order valence-corrected chi connectivity index (χ3v) is 5.34. The van der Waals surface area contributed by atoms with Gasteiger partial charge in [0.25, 0.3) is 0 Å². The molecule has 0 amide bonds. The minimum absolute atomic E-state index is 0.128. The zero-order valence-corrected chi connectivity index (χ0v) is 15.4. The highest BCUT2D eigenvalue weighted by atomic mass is 16.5. The average Bonchev–Trinajstić information content (AvgIpc) is 2.73. The van der Waals surface area contributed by atoms with Crippen molar-refractivity contribution in [2.24, 2.45) is 0 Å². The van der Waals surface area contributed by atoms with Gasteiger partial charge in [-0.05, 0) is 24.3 Å². The van der Waals surface area contributed by atoms with Crippen molar-refractivity contribution < 1.29 is 9.47 Å². The SMILES string of the molecule is Nc1cccc2c1Cc1cccc(-c3cc(N4CCOCC4)cc(=O)[nH]3)c1O2. The van der Waals surface area contributed by atoms with Crippen molar-refractivity contribution in [2.45, 2.75) is 6.42 Å². The predicted molar refractivity (Wildman–Crippen MR) is 109 cm³/mol. The molecule has 5 rings (SSSR count). The van der Waals surface area contributed by atoms with Gasteiger partial charge < -0.3 is 25.1 Å². The van der Waals surface area contributed by atoms with Crippen LogP contribution in [0.25, 0.3) is 11.3 Å². The van der Waals surface area contributed by atoms with Crippen molar-refractivity contribution in [3.63, 3.8) is 0 Å². The zero-order valence-electron chi connectivity index (χ0n) is 15.4. The number of nitrogen functional groups attached to an aromatic ring is 1. The second-order valence-electron chi connectivity index (χ2n) is 7.11. The van der Waals surface area contributed by atoms with Crippen LogP contribution < -0.4 is 20.9 Å². The molecule has 0 radical (unpaired) electrons. The molecule has 6 heteroatoms. The largest absolute Gasteiger partial charge is 0.456 e. The Labute approximate surface area is 162 Å². The van der Waals surface area contributed by atoms with Gasteiger partial charge in [-0.2, -0.15) is 0 Å². The molecule has 6 nitrogen and oxygen atoms in total. The lowest BCUT2D eigenvalue weighted by Crippen LogP contribution is -2.36. The van der Waals surface area contributed by atoms with E-state index in [0.29, 0.717) is 19.6 Å². The molecule has 1 saturated heterocycles. The molecule has 3 N–H and O–H groups in total. The number of aromatic amines is 1. The standard InChI is InChI=1S/C22H21N3O3/c23-18-5-2-6-20-17(18)11-14-3-1-4-16(22(14)28-20)19-12-15(13-21(26)24-19)25-7-9-27-10-8-25/h1-6,12-13H,7-11,23H2,(H,24,26). The summed E-state index contributed by atoms with van der Waals surface area (Å²) in [5.41, 5.74) is 11.3. The predicted octanol–water partition coefficient (Wildman–Crippen LogP) is 3.16. The van der Waals surface area contributed by atoms with Crippen LogP contribution >= 0.6 is 0 Å². The normalized spacial score (nSPS) is 15.5. The molecule has 0 spiro atoms. The summed E-state index contributed by atoms with van der Waals surface area (Å²) >= 11 is 0. The van der Waals surface area contributed by atoms with Crippen molar-refractivity contribution in [3.05, 3.63) is 70.0 Å². The number of morpholine rings is 1. The summed E-state index contributed by atoms with van der Waals surface area (Å²) in [4.78, 5) is 17.5. The Balaban J connectivity index is 1.59. The molecule has 2 aromatic carbocycles. The minimum atomic E-state index is -0.128. The van der Waals surface area contributed by atoms with E-state index in [4.69, 9.17) is 15.2 Å². The molecule has 2 aliphatic rings. The molecule has 0 unspecified atom stereocenters. The molecular formula is C22H21N3O3. The molecule has 0 saturated carbocycles. The van der Waals surface area contributed by atoms with Crippen molar-refractivity contribution in [2.75, 3.05) is 36.9 Å². The third kappa shape index (κ3) is 2.92. The number of anilines is 2. The maximum absolute atomic E-state index is 12.4. The van der Waals surface area contributed by atoms with Gasteiger partial charge in [0.15, 0.2) is 0 Å². The Hall–Kier alpha value is -3.25. The van der Waals surface area contributed by atoms with Gasteiger partial charge in [-0.3, -0.25) is 4.79 Å². The van der Waals surface area contributed by atoms with E-state index in [-0.39, 0.29) is 5.56 Å². The summed E-state index contributed by atoms with van der Waals surface area (Å²) in [6, 6.07) is 15.4. The van der Waals surface area contributed by atoms with E-state index in [1.54, 1.807) is 6.07 Å². The van der Waals surface area contributed by atoms with Crippen LogP contribution in [0.4, 0.5) is 11.4 Å². The van der Waals surface area contributed by atoms with Gasteiger partial charge in [0.1, 0.15) is 11.5 Å². The number of nitrogens with two attached hydrogens (primary N) is 1. The number of hydrogen-bond acceptors (Lipinski definition) is 5. The zero-order chi connectivity index (χ0) is 19.1. The summed E-state index contributed by atoms with van der Waals surface area (Å²) in [6.07, 6.45) is 0.707. The molecule has 3 aromatic rings. The summed E-state index contributed by atoms with van der Waals surface area (Å²) in [5.74, 6) is 1.54. The number of nitrogens with one attached hydrogen (secondary N) is 1. The lowest BCUT2D eigenvalue weighted by Gasteiger charge is -2.29. The Morgan fingerprint density at radius 3 is 2.71 bits per heavy atom. The van der Waals surface area contributed by atoms with Crippen molar-refractivity contribution >= 4 is 11.4 Å². The molecule has 28 heavy (non-hydrogen) atoms. The molecule has 142 valence electrons. The molecule has 1 aromatic heterocycles. The van der Waals surface area contributed by atoms with Crippen molar-refractivity contribution in [1.29, 1.82) is 0 Å². The number of pyridine rings is 1. The molecule has 2 aliphatic heterocycles. The number of ether oxygens (including phenoxy) is 2. The number of aromatic nitrogens is 1. The first-order chi connectivity index (χ1) is 13.7. The Morgan fingerprint density at radius 2 is 1.86 bits per heavy atom. The number of H-pyrrole nitrogens is 1. The average molecular weight is 375 g/mol. The van der Waals surface area contributed by atoms with Gasteiger partial charge in [0, 0.05) is 53.6 Å². The Bertz CT molecular complexity index is 1100. The smallest absolute Gasteiger partial charge is 0.250 e. The minimum Gasteiger partial charge on any atom is -0.456 e. The molecule has 0 bridgehead atoms. The van der Waals surface area contributed by atoms with Crippen LogP contribution in [0.2, 0.25) is 0 Å². The van der Waals surface area contributed by atoms with E-state index in [9.17, 15) is 4.79 Å². The first-order valence-electron chi connectivity index (χ1n) is 9.43. The summed E-state index contributed by atoms with van der Waals surface area (Å²) in [6.45, 7) is 2.90. The fourth-order valence-corrected chi connectivity index (χ4v) is 3.90. The van der Waals surface area contributed by atoms with Crippen LogP contribution in [-0.4, -0.2) is 31.3 Å². The lowest BCUT2D eigenvalue weighted by atomic mass is 9.95. The van der Waals surface area contributed by atoms with E-state index in [2.05, 4.69) is 9.88 Å². The molecule has 1 fully saturated rings. The Kier molecular flexibility index (Phi) is 4.06. The number of para-hydroxylation sites is 1. The number of benzene rings is 2. The lowest BCUT2D eigenvalue weighted by molar-refractivity contribution is 0.122. The van der Waals surface area contributed by atoms with Gasteiger partial charge in [-0.1, -0.05) is 18.2 Å². The van der Waals surface area contributed by atoms with E-state index in [0.717, 1.165) is 58.3 Å². The van der Waals surface area contributed by atoms with Gasteiger partial charge >= 0.3 is 0 Å². The molecule has 3 heterocycles. The number of nitrogens with zero attached hydrogens (tertiary/aromatic N) is 1. The number of hydrogen-bond donors (Lipinski definition) is 2. The molecule has 0 aliphatic carbocycles. The van der Waals surface area contributed by atoms with Crippen LogP contribution in [0.15, 0.2) is 53.3 Å². The topological polar surface area (TPSA) is 80.6 Å². The van der Waals surface area contributed by atoms with Crippen LogP contribution in [0, 0.1) is 0 Å². The quantitative estimate of drug-likeness (QED) is 0.526.